The molecule has 0 aliphatic carbocycles. The number of fused-ring (bicyclic) bond motifs is 1. The molecule has 0 bridgehead atoms. The Morgan fingerprint density at radius 3 is 2.70 bits per heavy atom. The molecular weight excluding hydrogens is 518 g/mol. The monoisotopic (exact) mass is 537 g/mol. The molecule has 1 N–H and O–H groups in total. The SMILES string of the molecule is CCOC(=O)[C@@H](C)Oc1c(OCC)cc(C=Nn2c(=O)[nH]c3ccccc3c2=O)c(Br)c1Cl. The highest BCUT2D eigenvalue weighted by molar-refractivity contribution is 9.10. The average Bonchev–Trinajstić information content (AvgIpc) is 2.79. The van der Waals surface area contributed by atoms with Crippen molar-refractivity contribution in [2.24, 2.45) is 5.10 Å². The van der Waals surface area contributed by atoms with Gasteiger partial charge in [0.15, 0.2) is 17.6 Å². The molecule has 11 heteroatoms. The van der Waals surface area contributed by atoms with Crippen molar-refractivity contribution in [1.29, 1.82) is 0 Å². The zero-order valence-corrected chi connectivity index (χ0v) is 20.4. The summed E-state index contributed by atoms with van der Waals surface area (Å²) in [7, 11) is 0. The van der Waals surface area contributed by atoms with Gasteiger partial charge in [0, 0.05) is 10.0 Å². The van der Waals surface area contributed by atoms with Crippen molar-refractivity contribution >= 4 is 50.6 Å². The first-order valence-electron chi connectivity index (χ1n) is 10.0. The third-order valence-corrected chi connectivity index (χ3v) is 5.91. The Balaban J connectivity index is 2.04. The van der Waals surface area contributed by atoms with Crippen LogP contribution in [0.3, 0.4) is 0 Å². The van der Waals surface area contributed by atoms with Gasteiger partial charge in [0.25, 0.3) is 5.56 Å². The highest BCUT2D eigenvalue weighted by Crippen LogP contribution is 2.42. The van der Waals surface area contributed by atoms with Gasteiger partial charge in [-0.2, -0.15) is 5.10 Å². The number of carbonyl (C=O) groups is 1. The number of hydrogen-bond donors (Lipinski definition) is 1. The summed E-state index contributed by atoms with van der Waals surface area (Å²) in [4.78, 5) is 39.6. The van der Waals surface area contributed by atoms with E-state index in [2.05, 4.69) is 26.0 Å². The van der Waals surface area contributed by atoms with Gasteiger partial charge in [-0.3, -0.25) is 4.79 Å². The van der Waals surface area contributed by atoms with E-state index in [1.165, 1.54) is 13.1 Å². The lowest BCUT2D eigenvalue weighted by Gasteiger charge is -2.19. The molecular formula is C22H21BrClN3O6. The van der Waals surface area contributed by atoms with Crippen LogP contribution in [0.5, 0.6) is 11.5 Å². The van der Waals surface area contributed by atoms with E-state index in [0.29, 0.717) is 27.5 Å². The van der Waals surface area contributed by atoms with E-state index in [-0.39, 0.29) is 23.1 Å². The molecule has 1 heterocycles. The van der Waals surface area contributed by atoms with Crippen LogP contribution in [0.25, 0.3) is 10.9 Å². The Morgan fingerprint density at radius 1 is 1.27 bits per heavy atom. The Hall–Kier alpha value is -3.11. The first-order chi connectivity index (χ1) is 15.8. The molecule has 0 saturated heterocycles. The second-order valence-electron chi connectivity index (χ2n) is 6.70. The summed E-state index contributed by atoms with van der Waals surface area (Å²) in [5.41, 5.74) is -0.426. The number of ether oxygens (including phenoxy) is 3. The number of aromatic amines is 1. The lowest BCUT2D eigenvalue weighted by Crippen LogP contribution is -2.32. The van der Waals surface area contributed by atoms with Gasteiger partial charge in [0.1, 0.15) is 5.02 Å². The van der Waals surface area contributed by atoms with Crippen molar-refractivity contribution in [2.45, 2.75) is 26.9 Å². The summed E-state index contributed by atoms with van der Waals surface area (Å²) in [6.07, 6.45) is 0.366. The van der Waals surface area contributed by atoms with Gasteiger partial charge in [-0.15, -0.1) is 4.68 Å². The van der Waals surface area contributed by atoms with Crippen molar-refractivity contribution in [3.05, 3.63) is 66.2 Å². The fourth-order valence-electron chi connectivity index (χ4n) is 2.93. The van der Waals surface area contributed by atoms with Crippen molar-refractivity contribution in [2.75, 3.05) is 13.2 Å². The molecule has 1 atom stereocenters. The first-order valence-corrected chi connectivity index (χ1v) is 11.2. The van der Waals surface area contributed by atoms with Crippen molar-refractivity contribution < 1.29 is 19.0 Å². The quantitative estimate of drug-likeness (QED) is 0.346. The second-order valence-corrected chi connectivity index (χ2v) is 7.87. The molecule has 174 valence electrons. The van der Waals surface area contributed by atoms with Crippen molar-refractivity contribution in [3.8, 4) is 11.5 Å². The first kappa shape index (κ1) is 24.5. The number of esters is 1. The fraction of sp³-hybridized carbons (Fsp3) is 0.273. The molecule has 3 rings (SSSR count). The number of hydrogen-bond acceptors (Lipinski definition) is 7. The smallest absolute Gasteiger partial charge is 0.349 e. The van der Waals surface area contributed by atoms with Crippen LogP contribution in [0.4, 0.5) is 0 Å². The number of benzene rings is 2. The number of para-hydroxylation sites is 1. The molecule has 0 saturated carbocycles. The van der Waals surface area contributed by atoms with Gasteiger partial charge in [0.2, 0.25) is 0 Å². The maximum Gasteiger partial charge on any atom is 0.349 e. The summed E-state index contributed by atoms with van der Waals surface area (Å²) in [5, 5.41) is 4.49. The lowest BCUT2D eigenvalue weighted by atomic mass is 10.2. The summed E-state index contributed by atoms with van der Waals surface area (Å²) in [5.74, 6) is -0.153. The third kappa shape index (κ3) is 5.28. The summed E-state index contributed by atoms with van der Waals surface area (Å²) < 4.78 is 17.4. The topological polar surface area (TPSA) is 112 Å². The molecule has 0 aliphatic rings. The zero-order valence-electron chi connectivity index (χ0n) is 18.1. The fourth-order valence-corrected chi connectivity index (χ4v) is 3.58. The molecule has 1 aromatic heterocycles. The molecule has 33 heavy (non-hydrogen) atoms. The van der Waals surface area contributed by atoms with Gasteiger partial charge in [-0.05, 0) is 54.9 Å². The Morgan fingerprint density at radius 2 is 2.00 bits per heavy atom. The van der Waals surface area contributed by atoms with Crippen LogP contribution in [0, 0.1) is 0 Å². The van der Waals surface area contributed by atoms with Gasteiger partial charge >= 0.3 is 11.7 Å². The van der Waals surface area contributed by atoms with Crippen LogP contribution in [-0.2, 0) is 9.53 Å². The van der Waals surface area contributed by atoms with Crippen LogP contribution < -0.4 is 20.7 Å². The molecule has 0 radical (unpaired) electrons. The average molecular weight is 539 g/mol. The highest BCUT2D eigenvalue weighted by Gasteiger charge is 2.23. The highest BCUT2D eigenvalue weighted by atomic mass is 79.9. The van der Waals surface area contributed by atoms with Gasteiger partial charge < -0.3 is 19.2 Å². The van der Waals surface area contributed by atoms with Crippen LogP contribution in [0.2, 0.25) is 5.02 Å². The number of nitrogens with one attached hydrogen (secondary N) is 1. The molecule has 0 spiro atoms. The zero-order chi connectivity index (χ0) is 24.1. The summed E-state index contributed by atoms with van der Waals surface area (Å²) in [6.45, 7) is 5.51. The molecule has 0 aliphatic heterocycles. The Kier molecular flexibility index (Phi) is 7.93. The van der Waals surface area contributed by atoms with Crippen LogP contribution in [0.1, 0.15) is 26.3 Å². The number of halogens is 2. The standard InChI is InChI=1S/C22H21BrClN3O6/c1-4-31-16-10-13(17(23)18(24)19(16)33-12(3)21(29)32-5-2)11-25-27-20(28)14-8-6-7-9-15(14)26-22(27)30/h6-12H,4-5H2,1-3H3,(H,26,30)/t12-/m1/s1. The number of nitrogens with zero attached hydrogens (tertiary/aromatic N) is 2. The van der Waals surface area contributed by atoms with E-state index < -0.39 is 23.3 Å². The van der Waals surface area contributed by atoms with E-state index in [1.807, 2.05) is 0 Å². The predicted octanol–water partition coefficient (Wildman–Crippen LogP) is 3.72. The van der Waals surface area contributed by atoms with Gasteiger partial charge in [-0.1, -0.05) is 23.7 Å². The maximum atomic E-state index is 12.7. The van der Waals surface area contributed by atoms with E-state index in [9.17, 15) is 14.4 Å². The van der Waals surface area contributed by atoms with Gasteiger partial charge in [-0.25, -0.2) is 9.59 Å². The normalized spacial score (nSPS) is 12.2. The third-order valence-electron chi connectivity index (χ3n) is 4.46. The second kappa shape index (κ2) is 10.7. The number of rotatable bonds is 8. The minimum absolute atomic E-state index is 0.123. The molecule has 0 fully saturated rings. The summed E-state index contributed by atoms with van der Waals surface area (Å²) in [6, 6.07) is 8.20. The van der Waals surface area contributed by atoms with E-state index in [4.69, 9.17) is 25.8 Å². The lowest BCUT2D eigenvalue weighted by molar-refractivity contribution is -0.150. The molecule has 2 aromatic carbocycles. The number of H-pyrrole nitrogens is 1. The van der Waals surface area contributed by atoms with Crippen molar-refractivity contribution in [3.63, 3.8) is 0 Å². The van der Waals surface area contributed by atoms with Crippen LogP contribution in [0.15, 0.2) is 49.5 Å². The van der Waals surface area contributed by atoms with Gasteiger partial charge in [0.05, 0.1) is 30.3 Å². The molecule has 0 amide bonds. The molecule has 9 nitrogen and oxygen atoms in total. The molecule has 3 aromatic rings. The molecule has 0 unspecified atom stereocenters. The Bertz CT molecular complexity index is 1330. The minimum atomic E-state index is -0.928. The van der Waals surface area contributed by atoms with E-state index in [1.54, 1.807) is 44.2 Å². The largest absolute Gasteiger partial charge is 0.490 e. The van der Waals surface area contributed by atoms with E-state index >= 15 is 0 Å². The number of carbonyl (C=O) groups excluding carboxylic acids is 1. The summed E-state index contributed by atoms with van der Waals surface area (Å²) >= 11 is 9.86. The van der Waals surface area contributed by atoms with E-state index in [0.717, 1.165) is 4.68 Å². The van der Waals surface area contributed by atoms with Crippen molar-refractivity contribution in [1.82, 2.24) is 9.66 Å². The Labute approximate surface area is 202 Å². The maximum absolute atomic E-state index is 12.7. The number of aromatic nitrogens is 2. The van der Waals surface area contributed by atoms with Crippen LogP contribution >= 0.6 is 27.5 Å². The minimum Gasteiger partial charge on any atom is -0.490 e. The van der Waals surface area contributed by atoms with Crippen LogP contribution in [-0.4, -0.2) is 41.2 Å². The predicted molar refractivity (Wildman–Crippen MR) is 129 cm³/mol.